The van der Waals surface area contributed by atoms with Crippen molar-refractivity contribution in [1.82, 2.24) is 14.1 Å². The summed E-state index contributed by atoms with van der Waals surface area (Å²) in [5.41, 5.74) is 13.4. The van der Waals surface area contributed by atoms with Crippen LogP contribution < -0.4 is 10.5 Å². The Morgan fingerprint density at radius 1 is 1.05 bits per heavy atom. The number of sulfonamides is 1. The number of rotatable bonds is 7. The molecule has 3 aromatic carbocycles. The van der Waals surface area contributed by atoms with Crippen molar-refractivity contribution in [3.63, 3.8) is 0 Å². The van der Waals surface area contributed by atoms with E-state index in [4.69, 9.17) is 10.5 Å². The Balaban J connectivity index is 1.18. The van der Waals surface area contributed by atoms with Crippen LogP contribution in [0.25, 0.3) is 11.8 Å². The standard InChI is InChI=1S/C33H33FN4O4S/c1-20-14-23-16-25(17-24(23)18-27(20)22-10-12-37(13-11-22)43(3,40)41)32(39)28-19-36-38(33(28)35)30-9-8-26(15-21(30)2)42-31-7-5-4-6-29(31)34/h4-9,14-16,18-19,22H,10-13,17,35H2,1-3H3. The number of para-hydroxylation sites is 1. The summed E-state index contributed by atoms with van der Waals surface area (Å²) >= 11 is 0. The molecule has 0 saturated carbocycles. The van der Waals surface area contributed by atoms with Gasteiger partial charge in [0, 0.05) is 25.1 Å². The zero-order valence-corrected chi connectivity index (χ0v) is 25.1. The first kappa shape index (κ1) is 28.8. The lowest BCUT2D eigenvalue weighted by Crippen LogP contribution is -2.37. The molecule has 1 aliphatic carbocycles. The van der Waals surface area contributed by atoms with Crippen LogP contribution in [0.5, 0.6) is 11.5 Å². The Hall–Kier alpha value is -4.28. The number of ketones is 1. The molecule has 1 aliphatic heterocycles. The van der Waals surface area contributed by atoms with Gasteiger partial charge in [-0.15, -0.1) is 0 Å². The molecule has 1 fully saturated rings. The van der Waals surface area contributed by atoms with Gasteiger partial charge in [-0.1, -0.05) is 24.3 Å². The van der Waals surface area contributed by atoms with Crippen LogP contribution in [-0.2, 0) is 16.4 Å². The van der Waals surface area contributed by atoms with Gasteiger partial charge in [0.05, 0.1) is 23.7 Å². The molecule has 43 heavy (non-hydrogen) atoms. The minimum atomic E-state index is -3.18. The molecule has 222 valence electrons. The van der Waals surface area contributed by atoms with Crippen LogP contribution in [0, 0.1) is 19.7 Å². The fourth-order valence-electron chi connectivity index (χ4n) is 6.09. The van der Waals surface area contributed by atoms with Crippen molar-refractivity contribution < 1.29 is 22.3 Å². The highest BCUT2D eigenvalue weighted by Gasteiger charge is 2.29. The first-order valence-corrected chi connectivity index (χ1v) is 16.0. The van der Waals surface area contributed by atoms with E-state index in [2.05, 4.69) is 24.2 Å². The number of nitrogen functional groups attached to an aromatic ring is 1. The fourth-order valence-corrected chi connectivity index (χ4v) is 6.97. The maximum Gasteiger partial charge on any atom is 0.211 e. The van der Waals surface area contributed by atoms with Gasteiger partial charge in [-0.2, -0.15) is 5.10 Å². The molecule has 1 saturated heterocycles. The maximum atomic E-state index is 14.0. The molecule has 10 heteroatoms. The van der Waals surface area contributed by atoms with Crippen LogP contribution in [0.2, 0.25) is 0 Å². The number of fused-ring (bicyclic) bond motifs is 1. The van der Waals surface area contributed by atoms with Crippen molar-refractivity contribution in [2.24, 2.45) is 0 Å². The molecule has 0 spiro atoms. The number of anilines is 1. The summed E-state index contributed by atoms with van der Waals surface area (Å²) in [6, 6.07) is 15.8. The summed E-state index contributed by atoms with van der Waals surface area (Å²) in [6.45, 7) is 4.98. The van der Waals surface area contributed by atoms with Crippen molar-refractivity contribution in [1.29, 1.82) is 0 Å². The zero-order valence-electron chi connectivity index (χ0n) is 24.3. The van der Waals surface area contributed by atoms with E-state index in [0.29, 0.717) is 42.1 Å². The molecule has 2 aliphatic rings. The quantitative estimate of drug-likeness (QED) is 0.262. The van der Waals surface area contributed by atoms with Crippen LogP contribution in [-0.4, -0.2) is 47.6 Å². The maximum absolute atomic E-state index is 14.0. The Morgan fingerprint density at radius 2 is 1.79 bits per heavy atom. The Bertz CT molecular complexity index is 1890. The van der Waals surface area contributed by atoms with Gasteiger partial charge in [-0.05, 0) is 96.8 Å². The van der Waals surface area contributed by atoms with Crippen molar-refractivity contribution in [2.75, 3.05) is 25.1 Å². The number of benzene rings is 3. The van der Waals surface area contributed by atoms with Gasteiger partial charge >= 0.3 is 0 Å². The number of nitrogens with two attached hydrogens (primary N) is 1. The number of carbonyl (C=O) groups is 1. The molecule has 4 aromatic rings. The molecule has 2 heterocycles. The number of nitrogens with zero attached hydrogens (tertiary/aromatic N) is 3. The molecule has 0 bridgehead atoms. The van der Waals surface area contributed by atoms with E-state index in [0.717, 1.165) is 35.1 Å². The van der Waals surface area contributed by atoms with Crippen LogP contribution in [0.15, 0.2) is 66.4 Å². The van der Waals surface area contributed by atoms with Gasteiger partial charge in [0.15, 0.2) is 17.3 Å². The highest BCUT2D eigenvalue weighted by atomic mass is 32.2. The number of hydrogen-bond acceptors (Lipinski definition) is 6. The summed E-state index contributed by atoms with van der Waals surface area (Å²) in [6.07, 6.45) is 6.73. The first-order chi connectivity index (χ1) is 20.5. The molecule has 0 radical (unpaired) electrons. The van der Waals surface area contributed by atoms with Crippen LogP contribution in [0.1, 0.15) is 56.9 Å². The summed E-state index contributed by atoms with van der Waals surface area (Å²) in [5.74, 6) is 0.501. The fraction of sp³-hybridized carbons (Fsp3) is 0.273. The Kier molecular flexibility index (Phi) is 7.43. The predicted octanol–water partition coefficient (Wildman–Crippen LogP) is 5.96. The third-order valence-corrected chi connectivity index (χ3v) is 9.71. The first-order valence-electron chi connectivity index (χ1n) is 14.2. The normalized spacial score (nSPS) is 15.8. The van der Waals surface area contributed by atoms with Crippen LogP contribution in [0.3, 0.4) is 0 Å². The third kappa shape index (κ3) is 5.60. The molecule has 0 unspecified atom stereocenters. The second kappa shape index (κ2) is 11.1. The topological polar surface area (TPSA) is 108 Å². The number of Topliss-reactive ketones (excluding diaryl/α,β-unsaturated/α-hetero) is 1. The predicted molar refractivity (Wildman–Crippen MR) is 165 cm³/mol. The van der Waals surface area contributed by atoms with Crippen molar-refractivity contribution in [2.45, 2.75) is 39.0 Å². The molecule has 1 aromatic heterocycles. The van der Waals surface area contributed by atoms with Crippen LogP contribution in [0.4, 0.5) is 10.2 Å². The number of halogens is 1. The second-order valence-electron chi connectivity index (χ2n) is 11.4. The van der Waals surface area contributed by atoms with E-state index in [1.54, 1.807) is 40.7 Å². The number of piperidine rings is 1. The van der Waals surface area contributed by atoms with Gasteiger partial charge in [-0.3, -0.25) is 4.79 Å². The van der Waals surface area contributed by atoms with E-state index in [1.165, 1.54) is 28.8 Å². The minimum Gasteiger partial charge on any atom is -0.454 e. The van der Waals surface area contributed by atoms with E-state index >= 15 is 0 Å². The SMILES string of the molecule is Cc1cc2c(cc1C1CCN(S(C)(=O)=O)CC1)CC(C(=O)c1cnn(-c3ccc(Oc4ccccc4F)cc3C)c1N)=C2. The number of carbonyl (C=O) groups excluding carboxylic acids is 1. The van der Waals surface area contributed by atoms with Gasteiger partial charge < -0.3 is 10.5 Å². The number of aryl methyl sites for hydroxylation is 2. The summed E-state index contributed by atoms with van der Waals surface area (Å²) in [7, 11) is -3.18. The number of hydrogen-bond donors (Lipinski definition) is 1. The molecule has 6 rings (SSSR count). The molecular weight excluding hydrogens is 567 g/mol. The molecule has 2 N–H and O–H groups in total. The zero-order chi connectivity index (χ0) is 30.5. The molecular formula is C33H33FN4O4S. The largest absolute Gasteiger partial charge is 0.454 e. The third-order valence-electron chi connectivity index (χ3n) is 8.40. The summed E-state index contributed by atoms with van der Waals surface area (Å²) in [4.78, 5) is 13.6. The van der Waals surface area contributed by atoms with E-state index in [9.17, 15) is 17.6 Å². The monoisotopic (exact) mass is 600 g/mol. The van der Waals surface area contributed by atoms with E-state index in [1.807, 2.05) is 13.0 Å². The van der Waals surface area contributed by atoms with E-state index < -0.39 is 15.8 Å². The average Bonchev–Trinajstić information content (AvgIpc) is 3.56. The van der Waals surface area contributed by atoms with Crippen LogP contribution >= 0.6 is 0 Å². The van der Waals surface area contributed by atoms with Gasteiger partial charge in [0.1, 0.15) is 11.6 Å². The highest BCUT2D eigenvalue weighted by molar-refractivity contribution is 7.88. The molecule has 0 atom stereocenters. The number of aromatic nitrogens is 2. The summed E-state index contributed by atoms with van der Waals surface area (Å²) in [5, 5.41) is 4.42. The lowest BCUT2D eigenvalue weighted by Gasteiger charge is -2.31. The van der Waals surface area contributed by atoms with Gasteiger partial charge in [0.25, 0.3) is 0 Å². The van der Waals surface area contributed by atoms with Crippen molar-refractivity contribution in [3.05, 3.63) is 106 Å². The van der Waals surface area contributed by atoms with Gasteiger partial charge in [-0.25, -0.2) is 21.8 Å². The molecule has 8 nitrogen and oxygen atoms in total. The Morgan fingerprint density at radius 3 is 2.49 bits per heavy atom. The number of ether oxygens (including phenoxy) is 1. The van der Waals surface area contributed by atoms with Gasteiger partial charge in [0.2, 0.25) is 10.0 Å². The molecule has 0 amide bonds. The van der Waals surface area contributed by atoms with Crippen molar-refractivity contribution in [3.8, 4) is 17.2 Å². The van der Waals surface area contributed by atoms with Crippen molar-refractivity contribution >= 4 is 27.7 Å². The smallest absolute Gasteiger partial charge is 0.211 e. The van der Waals surface area contributed by atoms with E-state index in [-0.39, 0.29) is 23.3 Å². The lowest BCUT2D eigenvalue weighted by atomic mass is 9.85. The number of allylic oxidation sites excluding steroid dienone is 1. The average molecular weight is 601 g/mol. The lowest BCUT2D eigenvalue weighted by molar-refractivity contribution is 0.103. The minimum absolute atomic E-state index is 0.131. The highest BCUT2D eigenvalue weighted by Crippen LogP contribution is 2.37. The second-order valence-corrected chi connectivity index (χ2v) is 13.3. The summed E-state index contributed by atoms with van der Waals surface area (Å²) < 4.78 is 46.7. The Labute approximate surface area is 250 Å².